The van der Waals surface area contributed by atoms with Crippen molar-refractivity contribution < 1.29 is 54.6 Å². The molecule has 0 spiro atoms. The standard InChI is InChI=1S/C41H41F4N5O8S2/c1-39(17-18-39)60(55,56)49-38(54)40-21-23(40)9-5-3-2-4-6-12-30(46-35(52)32-15-16-33(42)59-32)37(53)50-22-25(20-31(50)34(51)48-40)57-36-28-19-24(58-41(43,44)45)13-14-26(28)27-10-7-8-11-29(27)47-36/h5,7-11,13-16,19,23,25,30-31H,2-4,6,12,17-18,20-22H2,1H3,(H,46,52)(H,48,51)(H,49,54)/b9-5-/t23-,25-,30+,31+,40-/m1/s1. The molecule has 0 bridgehead atoms. The molecule has 4 aliphatic rings. The Hall–Kier alpha value is -5.30. The molecule has 13 nitrogen and oxygen atoms in total. The van der Waals surface area contributed by atoms with Crippen molar-refractivity contribution in [3.63, 3.8) is 0 Å². The number of carbonyl (C=O) groups is 4. The SMILES string of the molecule is CC1(S(=O)(=O)NC(=O)[C@@]23C[C@H]2/C=C\CCCCC[C@H](NC(=O)c2ccc(F)s2)C(=O)N2C[C@H](Oc4nc5ccccc5c5ccc(OC(F)(F)F)cc45)C[C@H]2C(=O)N3)CC1. The van der Waals surface area contributed by atoms with Crippen LogP contribution in [-0.4, -0.2) is 83.3 Å². The number of fused-ring (bicyclic) bond motifs is 5. The van der Waals surface area contributed by atoms with Crippen LogP contribution < -0.4 is 24.8 Å². The molecule has 0 unspecified atom stereocenters. The van der Waals surface area contributed by atoms with Gasteiger partial charge in [-0.1, -0.05) is 43.2 Å². The first kappa shape index (κ1) is 41.4. The largest absolute Gasteiger partial charge is 0.573 e. The fourth-order valence-electron chi connectivity index (χ4n) is 7.96. The highest BCUT2D eigenvalue weighted by atomic mass is 32.2. The van der Waals surface area contributed by atoms with Crippen LogP contribution in [0.1, 0.15) is 74.4 Å². The Morgan fingerprint density at radius 2 is 1.80 bits per heavy atom. The van der Waals surface area contributed by atoms with Crippen molar-refractivity contribution in [3.05, 3.63) is 76.8 Å². The summed E-state index contributed by atoms with van der Waals surface area (Å²) >= 11 is 0.605. The third-order valence-electron chi connectivity index (χ3n) is 11.7. The van der Waals surface area contributed by atoms with Gasteiger partial charge in [-0.05, 0) is 87.2 Å². The summed E-state index contributed by atoms with van der Waals surface area (Å²) in [6, 6.07) is 10.6. The summed E-state index contributed by atoms with van der Waals surface area (Å²) in [7, 11) is -4.09. The van der Waals surface area contributed by atoms with Crippen molar-refractivity contribution in [2.45, 2.75) is 99.5 Å². The van der Waals surface area contributed by atoms with Crippen LogP contribution in [0, 0.1) is 11.0 Å². The van der Waals surface area contributed by atoms with Crippen LogP contribution in [0.5, 0.6) is 11.6 Å². The molecular formula is C41H41F4N5O8S2. The number of halogens is 4. The predicted octanol–water partition coefficient (Wildman–Crippen LogP) is 6.03. The van der Waals surface area contributed by atoms with Gasteiger partial charge in [0.1, 0.15) is 29.5 Å². The molecule has 19 heteroatoms. The molecule has 0 radical (unpaired) electrons. The third kappa shape index (κ3) is 8.37. The topological polar surface area (TPSA) is 173 Å². The number of nitrogens with zero attached hydrogens (tertiary/aromatic N) is 2. The second-order valence-electron chi connectivity index (χ2n) is 16.0. The lowest BCUT2D eigenvalue weighted by Crippen LogP contribution is -2.58. The van der Waals surface area contributed by atoms with Gasteiger partial charge >= 0.3 is 6.36 Å². The fraction of sp³-hybridized carbons (Fsp3) is 0.439. The lowest BCUT2D eigenvalue weighted by Gasteiger charge is -2.30. The summed E-state index contributed by atoms with van der Waals surface area (Å²) < 4.78 is 91.9. The molecule has 1 saturated heterocycles. The zero-order valence-corrected chi connectivity index (χ0v) is 33.9. The van der Waals surface area contributed by atoms with Gasteiger partial charge in [-0.25, -0.2) is 13.4 Å². The number of ether oxygens (including phenoxy) is 2. The van der Waals surface area contributed by atoms with E-state index in [0.29, 0.717) is 66.2 Å². The summed E-state index contributed by atoms with van der Waals surface area (Å²) in [5.41, 5.74) is -1.20. The maximum atomic E-state index is 14.7. The number of benzene rings is 2. The molecule has 2 aromatic heterocycles. The van der Waals surface area contributed by atoms with Crippen LogP contribution in [0.2, 0.25) is 0 Å². The van der Waals surface area contributed by atoms with Gasteiger partial charge in [0.2, 0.25) is 27.7 Å². The number of thiophene rings is 1. The molecule has 4 heterocycles. The number of aromatic nitrogens is 1. The van der Waals surface area contributed by atoms with Gasteiger partial charge < -0.3 is 25.0 Å². The number of amides is 4. The zero-order valence-electron chi connectivity index (χ0n) is 32.2. The van der Waals surface area contributed by atoms with E-state index in [9.17, 15) is 45.2 Å². The van der Waals surface area contributed by atoms with Crippen molar-refractivity contribution in [1.82, 2.24) is 25.2 Å². The minimum atomic E-state index is -4.99. The van der Waals surface area contributed by atoms with Gasteiger partial charge in [-0.3, -0.25) is 23.9 Å². The molecule has 2 aliphatic heterocycles. The van der Waals surface area contributed by atoms with E-state index in [0.717, 1.165) is 12.1 Å². The van der Waals surface area contributed by atoms with Crippen LogP contribution in [0.4, 0.5) is 17.6 Å². The molecule has 5 atom stereocenters. The van der Waals surface area contributed by atoms with E-state index in [1.165, 1.54) is 30.0 Å². The second kappa shape index (κ2) is 15.6. The maximum absolute atomic E-state index is 14.7. The van der Waals surface area contributed by atoms with E-state index >= 15 is 0 Å². The maximum Gasteiger partial charge on any atom is 0.573 e. The van der Waals surface area contributed by atoms with E-state index in [2.05, 4.69) is 25.1 Å². The first-order valence-corrected chi connectivity index (χ1v) is 21.9. The number of rotatable bonds is 8. The summed E-state index contributed by atoms with van der Waals surface area (Å²) in [4.78, 5) is 62.3. The molecule has 2 aromatic carbocycles. The molecule has 3 fully saturated rings. The summed E-state index contributed by atoms with van der Waals surface area (Å²) in [6.45, 7) is 1.28. The monoisotopic (exact) mass is 871 g/mol. The Bertz CT molecular complexity index is 2530. The predicted molar refractivity (Wildman–Crippen MR) is 212 cm³/mol. The highest BCUT2D eigenvalue weighted by Gasteiger charge is 2.63. The van der Waals surface area contributed by atoms with Crippen molar-refractivity contribution in [2.24, 2.45) is 5.92 Å². The molecule has 2 saturated carbocycles. The molecule has 3 N–H and O–H groups in total. The van der Waals surface area contributed by atoms with Gasteiger partial charge in [0, 0.05) is 23.1 Å². The minimum Gasteiger partial charge on any atom is -0.472 e. The number of hydrogen-bond acceptors (Lipinski definition) is 10. The van der Waals surface area contributed by atoms with Crippen molar-refractivity contribution >= 4 is 66.7 Å². The number of pyridine rings is 1. The zero-order chi connectivity index (χ0) is 42.6. The average molecular weight is 872 g/mol. The van der Waals surface area contributed by atoms with E-state index in [4.69, 9.17) is 4.74 Å². The molecule has 2 aliphatic carbocycles. The van der Waals surface area contributed by atoms with Gasteiger partial charge in [-0.15, -0.1) is 24.5 Å². The minimum absolute atomic E-state index is 0.0316. The summed E-state index contributed by atoms with van der Waals surface area (Å²) in [6.07, 6.45) is 0.938. The van der Waals surface area contributed by atoms with Gasteiger partial charge in [0.25, 0.3) is 11.8 Å². The van der Waals surface area contributed by atoms with Crippen LogP contribution in [-0.2, 0) is 24.4 Å². The first-order chi connectivity index (χ1) is 28.4. The number of nitrogens with one attached hydrogen (secondary N) is 3. The van der Waals surface area contributed by atoms with Gasteiger partial charge in [0.15, 0.2) is 5.13 Å². The molecular weight excluding hydrogens is 831 g/mol. The highest BCUT2D eigenvalue weighted by Crippen LogP contribution is 2.48. The quantitative estimate of drug-likeness (QED) is 0.109. The van der Waals surface area contributed by atoms with Crippen LogP contribution in [0.3, 0.4) is 0 Å². The number of allylic oxidation sites excluding steroid dienone is 1. The molecule has 60 heavy (non-hydrogen) atoms. The Balaban J connectivity index is 1.14. The Morgan fingerprint density at radius 1 is 1.02 bits per heavy atom. The van der Waals surface area contributed by atoms with E-state index in [1.54, 1.807) is 30.3 Å². The number of hydrogen-bond donors (Lipinski definition) is 3. The number of alkyl halides is 3. The lowest BCUT2D eigenvalue weighted by molar-refractivity contribution is -0.274. The first-order valence-electron chi connectivity index (χ1n) is 19.6. The van der Waals surface area contributed by atoms with E-state index < -0.39 is 85.3 Å². The number of sulfonamides is 1. The molecule has 8 rings (SSSR count). The Kier molecular flexibility index (Phi) is 10.8. The van der Waals surface area contributed by atoms with E-state index in [1.807, 2.05) is 6.08 Å². The number of para-hydroxylation sites is 1. The highest BCUT2D eigenvalue weighted by molar-refractivity contribution is 7.91. The average Bonchev–Trinajstić information content (AvgIpc) is 3.99. The smallest absolute Gasteiger partial charge is 0.472 e. The molecule has 4 aromatic rings. The normalized spacial score (nSPS) is 26.2. The molecule has 4 amide bonds. The van der Waals surface area contributed by atoms with Crippen LogP contribution in [0.15, 0.2) is 66.7 Å². The van der Waals surface area contributed by atoms with Crippen LogP contribution in [0.25, 0.3) is 21.7 Å². The second-order valence-corrected chi connectivity index (χ2v) is 19.3. The molecule has 318 valence electrons. The van der Waals surface area contributed by atoms with Crippen molar-refractivity contribution in [2.75, 3.05) is 6.54 Å². The number of carbonyl (C=O) groups excluding carboxylic acids is 4. The van der Waals surface area contributed by atoms with Crippen molar-refractivity contribution in [3.8, 4) is 11.6 Å². The fourth-order valence-corrected chi connectivity index (χ4v) is 9.91. The van der Waals surface area contributed by atoms with Crippen LogP contribution >= 0.6 is 11.3 Å². The van der Waals surface area contributed by atoms with E-state index in [-0.39, 0.29) is 42.0 Å². The third-order valence-corrected chi connectivity index (χ3v) is 14.8. The summed E-state index contributed by atoms with van der Waals surface area (Å²) in [5, 5.41) is 6.19. The Labute approximate surface area is 345 Å². The van der Waals surface area contributed by atoms with Gasteiger partial charge in [-0.2, -0.15) is 4.39 Å². The van der Waals surface area contributed by atoms with Crippen molar-refractivity contribution in [1.29, 1.82) is 0 Å². The summed E-state index contributed by atoms with van der Waals surface area (Å²) in [5.74, 6) is -4.20. The Morgan fingerprint density at radius 3 is 2.53 bits per heavy atom. The lowest BCUT2D eigenvalue weighted by atomic mass is 10.0. The van der Waals surface area contributed by atoms with Gasteiger partial charge in [0.05, 0.1) is 21.7 Å².